The zero-order valence-electron chi connectivity index (χ0n) is 12.4. The summed E-state index contributed by atoms with van der Waals surface area (Å²) in [4.78, 5) is 28.0. The third kappa shape index (κ3) is 3.02. The van der Waals surface area contributed by atoms with Crippen molar-refractivity contribution >= 4 is 11.7 Å². The van der Waals surface area contributed by atoms with Gasteiger partial charge in [0, 0.05) is 37.0 Å². The lowest BCUT2D eigenvalue weighted by molar-refractivity contribution is -0.386. The molecule has 2 rings (SSSR count). The van der Waals surface area contributed by atoms with E-state index in [0.717, 1.165) is 0 Å². The number of carbonyl (C=O) groups is 1. The summed E-state index contributed by atoms with van der Waals surface area (Å²) in [6.45, 7) is 7.01. The van der Waals surface area contributed by atoms with Crippen molar-refractivity contribution in [3.05, 3.63) is 33.1 Å². The van der Waals surface area contributed by atoms with Gasteiger partial charge in [-0.3, -0.25) is 24.8 Å². The molecule has 0 bridgehead atoms. The van der Waals surface area contributed by atoms with Gasteiger partial charge in [-0.1, -0.05) is 6.92 Å². The first-order chi connectivity index (χ1) is 9.81. The van der Waals surface area contributed by atoms with E-state index in [4.69, 9.17) is 5.11 Å². The molecule has 1 aromatic rings. The number of carboxylic acids is 1. The van der Waals surface area contributed by atoms with Crippen LogP contribution in [0.4, 0.5) is 5.69 Å². The van der Waals surface area contributed by atoms with Crippen LogP contribution in [0.5, 0.6) is 0 Å². The number of aromatic nitrogens is 1. The molecule has 1 aliphatic heterocycles. The molecule has 0 aliphatic carbocycles. The molecule has 0 amide bonds. The Kier molecular flexibility index (Phi) is 4.22. The van der Waals surface area contributed by atoms with Crippen molar-refractivity contribution in [1.82, 2.24) is 9.88 Å². The Bertz CT molecular complexity index is 582. The highest BCUT2D eigenvalue weighted by Crippen LogP contribution is 2.29. The normalized spacial score (nSPS) is 17.3. The molecule has 1 aromatic heterocycles. The van der Waals surface area contributed by atoms with E-state index in [-0.39, 0.29) is 22.4 Å². The molecule has 2 heterocycles. The Hall–Kier alpha value is -2.02. The van der Waals surface area contributed by atoms with Crippen LogP contribution in [-0.2, 0) is 11.3 Å². The Labute approximate surface area is 122 Å². The summed E-state index contributed by atoms with van der Waals surface area (Å²) >= 11 is 0. The van der Waals surface area contributed by atoms with Crippen LogP contribution in [0.25, 0.3) is 0 Å². The lowest BCUT2D eigenvalue weighted by Gasteiger charge is -2.41. The van der Waals surface area contributed by atoms with Crippen LogP contribution >= 0.6 is 0 Å². The molecule has 1 fully saturated rings. The molecule has 0 spiro atoms. The molecule has 1 aliphatic rings. The molecule has 0 saturated carbocycles. The summed E-state index contributed by atoms with van der Waals surface area (Å²) in [5.41, 5.74) is 1.96. The number of aliphatic carboxylic acids is 1. The quantitative estimate of drug-likeness (QED) is 0.656. The van der Waals surface area contributed by atoms with Gasteiger partial charge in [-0.15, -0.1) is 0 Å². The molecule has 7 nitrogen and oxygen atoms in total. The van der Waals surface area contributed by atoms with Crippen LogP contribution < -0.4 is 0 Å². The molecular formula is C14H19N3O4. The van der Waals surface area contributed by atoms with E-state index in [1.54, 1.807) is 20.8 Å². The number of carboxylic acid groups (broad SMARTS) is 1. The fraction of sp³-hybridized carbons (Fsp3) is 0.571. The van der Waals surface area contributed by atoms with Crippen molar-refractivity contribution in [2.75, 3.05) is 13.1 Å². The van der Waals surface area contributed by atoms with Crippen molar-refractivity contribution in [2.45, 2.75) is 27.3 Å². The van der Waals surface area contributed by atoms with Crippen LogP contribution in [-0.4, -0.2) is 39.0 Å². The zero-order chi connectivity index (χ0) is 15.7. The largest absolute Gasteiger partial charge is 0.481 e. The fourth-order valence-electron chi connectivity index (χ4n) is 2.67. The van der Waals surface area contributed by atoms with Crippen LogP contribution in [0, 0.1) is 35.8 Å². The second-order valence-electron chi connectivity index (χ2n) is 5.70. The lowest BCUT2D eigenvalue weighted by Crippen LogP contribution is -2.50. The number of nitrogens with zero attached hydrogens (tertiary/aromatic N) is 3. The topological polar surface area (TPSA) is 96.6 Å². The van der Waals surface area contributed by atoms with Gasteiger partial charge in [0.1, 0.15) is 0 Å². The van der Waals surface area contributed by atoms with Gasteiger partial charge in [-0.25, -0.2) is 0 Å². The summed E-state index contributed by atoms with van der Waals surface area (Å²) in [5, 5.41) is 20.0. The minimum absolute atomic E-state index is 0.121. The predicted octanol–water partition coefficient (Wildman–Crippen LogP) is 1.76. The first-order valence-corrected chi connectivity index (χ1v) is 6.86. The zero-order valence-corrected chi connectivity index (χ0v) is 12.4. The molecular weight excluding hydrogens is 274 g/mol. The minimum atomic E-state index is -0.778. The van der Waals surface area contributed by atoms with E-state index in [0.29, 0.717) is 36.5 Å². The molecule has 0 aromatic carbocycles. The first-order valence-electron chi connectivity index (χ1n) is 6.86. The van der Waals surface area contributed by atoms with Crippen molar-refractivity contribution in [2.24, 2.45) is 11.8 Å². The van der Waals surface area contributed by atoms with Crippen molar-refractivity contribution in [1.29, 1.82) is 0 Å². The van der Waals surface area contributed by atoms with Crippen LogP contribution in [0.2, 0.25) is 0 Å². The molecule has 1 N–H and O–H groups in total. The monoisotopic (exact) mass is 293 g/mol. The van der Waals surface area contributed by atoms with Gasteiger partial charge in [0.25, 0.3) is 5.69 Å². The highest BCUT2D eigenvalue weighted by atomic mass is 16.6. The molecule has 1 saturated heterocycles. The maximum Gasteiger partial charge on any atom is 0.306 e. The van der Waals surface area contributed by atoms with Gasteiger partial charge >= 0.3 is 5.97 Å². The SMILES string of the molecule is Cc1cnc(CN2CC(C(C)C(=O)O)C2)c(C)c1[N+](=O)[O-]. The molecule has 1 unspecified atom stereocenters. The predicted molar refractivity (Wildman–Crippen MR) is 75.9 cm³/mol. The third-order valence-corrected chi connectivity index (χ3v) is 4.21. The fourth-order valence-corrected chi connectivity index (χ4v) is 2.67. The Morgan fingerprint density at radius 3 is 2.71 bits per heavy atom. The molecule has 1 atom stereocenters. The highest BCUT2D eigenvalue weighted by Gasteiger charge is 2.35. The van der Waals surface area contributed by atoms with Crippen molar-refractivity contribution < 1.29 is 14.8 Å². The van der Waals surface area contributed by atoms with Crippen molar-refractivity contribution in [3.63, 3.8) is 0 Å². The number of aryl methyl sites for hydroxylation is 1. The number of likely N-dealkylation sites (tertiary alicyclic amines) is 1. The smallest absolute Gasteiger partial charge is 0.306 e. The summed E-state index contributed by atoms with van der Waals surface area (Å²) in [6.07, 6.45) is 1.53. The number of rotatable bonds is 5. The third-order valence-electron chi connectivity index (χ3n) is 4.21. The summed E-state index contributed by atoms with van der Waals surface area (Å²) < 4.78 is 0. The van der Waals surface area contributed by atoms with Crippen LogP contribution in [0.15, 0.2) is 6.20 Å². The first kappa shape index (κ1) is 15.4. The summed E-state index contributed by atoms with van der Waals surface area (Å²) in [7, 11) is 0. The van der Waals surface area contributed by atoms with E-state index < -0.39 is 5.97 Å². The molecule has 114 valence electrons. The Morgan fingerprint density at radius 1 is 1.57 bits per heavy atom. The van der Waals surface area contributed by atoms with Gasteiger partial charge in [0.05, 0.1) is 16.5 Å². The summed E-state index contributed by atoms with van der Waals surface area (Å²) in [6, 6.07) is 0. The van der Waals surface area contributed by atoms with Gasteiger partial charge in [-0.05, 0) is 19.8 Å². The van der Waals surface area contributed by atoms with Crippen LogP contribution in [0.3, 0.4) is 0 Å². The Morgan fingerprint density at radius 2 is 2.19 bits per heavy atom. The van der Waals surface area contributed by atoms with E-state index in [1.807, 2.05) is 0 Å². The standard InChI is InChI=1S/C14H19N3O4/c1-8-4-15-12(10(3)13(8)17(20)21)7-16-5-11(6-16)9(2)14(18)19/h4,9,11H,5-7H2,1-3H3,(H,18,19). The number of pyridine rings is 1. The second-order valence-corrected chi connectivity index (χ2v) is 5.70. The second kappa shape index (κ2) is 5.77. The Balaban J connectivity index is 2.05. The number of hydrogen-bond donors (Lipinski definition) is 1. The van der Waals surface area contributed by atoms with Gasteiger partial charge < -0.3 is 5.11 Å². The maximum atomic E-state index is 11.1. The maximum absolute atomic E-state index is 11.1. The molecule has 7 heteroatoms. The number of nitro groups is 1. The average Bonchev–Trinajstić information content (AvgIpc) is 2.34. The van der Waals surface area contributed by atoms with Gasteiger partial charge in [-0.2, -0.15) is 0 Å². The average molecular weight is 293 g/mol. The molecule has 0 radical (unpaired) electrons. The van der Waals surface area contributed by atoms with E-state index in [2.05, 4.69) is 9.88 Å². The van der Waals surface area contributed by atoms with E-state index >= 15 is 0 Å². The van der Waals surface area contributed by atoms with E-state index in [1.165, 1.54) is 6.20 Å². The van der Waals surface area contributed by atoms with Crippen molar-refractivity contribution in [3.8, 4) is 0 Å². The van der Waals surface area contributed by atoms with Crippen LogP contribution in [0.1, 0.15) is 23.7 Å². The highest BCUT2D eigenvalue weighted by molar-refractivity contribution is 5.70. The van der Waals surface area contributed by atoms with Gasteiger partial charge in [0.15, 0.2) is 0 Å². The number of hydrogen-bond acceptors (Lipinski definition) is 5. The minimum Gasteiger partial charge on any atom is -0.481 e. The summed E-state index contributed by atoms with van der Waals surface area (Å²) in [5.74, 6) is -0.995. The van der Waals surface area contributed by atoms with E-state index in [9.17, 15) is 14.9 Å². The van der Waals surface area contributed by atoms with Gasteiger partial charge in [0.2, 0.25) is 0 Å². The molecule has 21 heavy (non-hydrogen) atoms. The lowest BCUT2D eigenvalue weighted by atomic mass is 9.87.